The van der Waals surface area contributed by atoms with Gasteiger partial charge in [-0.1, -0.05) is 13.3 Å². The average molecular weight is 371 g/mol. The van der Waals surface area contributed by atoms with Crippen molar-refractivity contribution in [3.05, 3.63) is 36.0 Å². The molecule has 1 heterocycles. The molecule has 1 atom stereocenters. The van der Waals surface area contributed by atoms with Crippen molar-refractivity contribution in [2.45, 2.75) is 52.5 Å². The summed E-state index contributed by atoms with van der Waals surface area (Å²) in [5.74, 6) is 2.47. The first-order valence-corrected chi connectivity index (χ1v) is 9.88. The fourth-order valence-electron chi connectivity index (χ4n) is 3.07. The van der Waals surface area contributed by atoms with Gasteiger partial charge < -0.3 is 14.8 Å². The number of nitrogens with one attached hydrogen (secondary N) is 1. The Balaban J connectivity index is 1.72. The lowest BCUT2D eigenvalue weighted by Crippen LogP contribution is -2.18. The molecule has 0 aliphatic heterocycles. The Labute approximate surface area is 160 Å². The molecule has 1 saturated carbocycles. The van der Waals surface area contributed by atoms with Crippen molar-refractivity contribution < 1.29 is 14.3 Å². The third-order valence-electron chi connectivity index (χ3n) is 4.86. The zero-order chi connectivity index (χ0) is 19.2. The van der Waals surface area contributed by atoms with Gasteiger partial charge in [0.05, 0.1) is 25.5 Å². The monoisotopic (exact) mass is 371 g/mol. The molecule has 1 N–H and O–H groups in total. The Morgan fingerprint density at radius 2 is 2.07 bits per heavy atom. The Morgan fingerprint density at radius 1 is 1.26 bits per heavy atom. The highest BCUT2D eigenvalue weighted by Gasteiger charge is 2.30. The van der Waals surface area contributed by atoms with Gasteiger partial charge >= 0.3 is 0 Å². The van der Waals surface area contributed by atoms with Gasteiger partial charge in [0.15, 0.2) is 11.5 Å². The maximum absolute atomic E-state index is 12.8. The molecule has 1 aliphatic rings. The minimum absolute atomic E-state index is 0.180. The summed E-state index contributed by atoms with van der Waals surface area (Å²) in [6, 6.07) is 7.45. The summed E-state index contributed by atoms with van der Waals surface area (Å²) in [5, 5.41) is 7.36. The number of ether oxygens (including phenoxy) is 2. The minimum atomic E-state index is -0.180. The third kappa shape index (κ3) is 4.81. The highest BCUT2D eigenvalue weighted by Crippen LogP contribution is 2.40. The standard InChI is InChI=1S/C21H29N3O3/c1-4-6-13-27-18-10-9-17(14-19(18)26-5-2)21(25)23-20-11-12-22-24(20)15(3)16-7-8-16/h9-12,14-16H,4-8,13H2,1-3H3,(H,23,25). The van der Waals surface area contributed by atoms with Gasteiger partial charge in [-0.25, -0.2) is 4.68 Å². The maximum atomic E-state index is 12.8. The largest absolute Gasteiger partial charge is 0.490 e. The first-order chi connectivity index (χ1) is 13.1. The second-order valence-electron chi connectivity index (χ2n) is 6.99. The molecule has 1 amide bonds. The molecule has 0 spiro atoms. The fourth-order valence-corrected chi connectivity index (χ4v) is 3.07. The Hall–Kier alpha value is -2.50. The summed E-state index contributed by atoms with van der Waals surface area (Å²) in [7, 11) is 0. The van der Waals surface area contributed by atoms with Crippen molar-refractivity contribution in [2.75, 3.05) is 18.5 Å². The van der Waals surface area contributed by atoms with E-state index >= 15 is 0 Å². The topological polar surface area (TPSA) is 65.4 Å². The first-order valence-electron chi connectivity index (χ1n) is 9.88. The van der Waals surface area contributed by atoms with Crippen molar-refractivity contribution >= 4 is 11.7 Å². The van der Waals surface area contributed by atoms with E-state index in [1.807, 2.05) is 17.7 Å². The van der Waals surface area contributed by atoms with Gasteiger partial charge in [0.2, 0.25) is 0 Å². The smallest absolute Gasteiger partial charge is 0.256 e. The van der Waals surface area contributed by atoms with E-state index in [1.54, 1.807) is 24.4 Å². The van der Waals surface area contributed by atoms with Crippen molar-refractivity contribution in [1.29, 1.82) is 0 Å². The van der Waals surface area contributed by atoms with Crippen LogP contribution in [0.1, 0.15) is 62.9 Å². The van der Waals surface area contributed by atoms with Gasteiger partial charge in [0.1, 0.15) is 5.82 Å². The van der Waals surface area contributed by atoms with Gasteiger partial charge in [-0.15, -0.1) is 0 Å². The maximum Gasteiger partial charge on any atom is 0.256 e. The number of unbranched alkanes of at least 4 members (excludes halogenated alkanes) is 1. The van der Waals surface area contributed by atoms with Crippen LogP contribution in [0.25, 0.3) is 0 Å². The summed E-state index contributed by atoms with van der Waals surface area (Å²) in [4.78, 5) is 12.8. The van der Waals surface area contributed by atoms with Crippen LogP contribution in [-0.2, 0) is 0 Å². The van der Waals surface area contributed by atoms with Crippen LogP contribution in [0.15, 0.2) is 30.5 Å². The van der Waals surface area contributed by atoms with E-state index < -0.39 is 0 Å². The molecular formula is C21H29N3O3. The highest BCUT2D eigenvalue weighted by molar-refractivity contribution is 6.04. The van der Waals surface area contributed by atoms with E-state index in [0.29, 0.717) is 42.2 Å². The minimum Gasteiger partial charge on any atom is -0.490 e. The van der Waals surface area contributed by atoms with E-state index in [4.69, 9.17) is 9.47 Å². The molecule has 0 saturated heterocycles. The zero-order valence-electron chi connectivity index (χ0n) is 16.4. The van der Waals surface area contributed by atoms with E-state index in [9.17, 15) is 4.79 Å². The van der Waals surface area contributed by atoms with E-state index in [1.165, 1.54) is 12.8 Å². The molecule has 0 radical (unpaired) electrons. The molecule has 1 fully saturated rings. The molecule has 2 aromatic rings. The van der Waals surface area contributed by atoms with Gasteiger partial charge in [0, 0.05) is 11.6 Å². The molecule has 6 heteroatoms. The number of hydrogen-bond donors (Lipinski definition) is 1. The average Bonchev–Trinajstić information content (AvgIpc) is 3.42. The van der Waals surface area contributed by atoms with Gasteiger partial charge in [0.25, 0.3) is 5.91 Å². The predicted octanol–water partition coefficient (Wildman–Crippen LogP) is 4.68. The molecule has 6 nitrogen and oxygen atoms in total. The van der Waals surface area contributed by atoms with Crippen LogP contribution >= 0.6 is 0 Å². The summed E-state index contributed by atoms with van der Waals surface area (Å²) >= 11 is 0. The Morgan fingerprint density at radius 3 is 2.78 bits per heavy atom. The SMILES string of the molecule is CCCCOc1ccc(C(=O)Nc2ccnn2C(C)C2CC2)cc1OCC. The molecule has 27 heavy (non-hydrogen) atoms. The third-order valence-corrected chi connectivity index (χ3v) is 4.86. The number of nitrogens with zero attached hydrogens (tertiary/aromatic N) is 2. The summed E-state index contributed by atoms with van der Waals surface area (Å²) in [6.45, 7) is 7.34. The van der Waals surface area contributed by atoms with Crippen LogP contribution in [0.2, 0.25) is 0 Å². The number of carbonyl (C=O) groups is 1. The number of carbonyl (C=O) groups excluding carboxylic acids is 1. The number of anilines is 1. The van der Waals surface area contributed by atoms with Crippen LogP contribution in [-0.4, -0.2) is 28.9 Å². The summed E-state index contributed by atoms with van der Waals surface area (Å²) < 4.78 is 13.4. The molecule has 3 rings (SSSR count). The molecule has 1 aliphatic carbocycles. The number of rotatable bonds is 10. The van der Waals surface area contributed by atoms with Crippen molar-refractivity contribution in [1.82, 2.24) is 9.78 Å². The first kappa shape index (κ1) is 19.3. The molecule has 1 aromatic carbocycles. The normalized spacial score (nSPS) is 14.6. The van der Waals surface area contributed by atoms with Crippen LogP contribution in [0.3, 0.4) is 0 Å². The molecule has 146 valence electrons. The molecule has 0 bridgehead atoms. The lowest BCUT2D eigenvalue weighted by atomic mass is 10.2. The van der Waals surface area contributed by atoms with Gasteiger partial charge in [-0.3, -0.25) is 4.79 Å². The van der Waals surface area contributed by atoms with Crippen LogP contribution in [0.4, 0.5) is 5.82 Å². The second kappa shape index (κ2) is 8.93. The van der Waals surface area contributed by atoms with Crippen LogP contribution in [0, 0.1) is 5.92 Å². The van der Waals surface area contributed by atoms with Gasteiger partial charge in [-0.2, -0.15) is 5.10 Å². The van der Waals surface area contributed by atoms with Crippen molar-refractivity contribution in [3.8, 4) is 11.5 Å². The molecular weight excluding hydrogens is 342 g/mol. The number of benzene rings is 1. The van der Waals surface area contributed by atoms with Crippen molar-refractivity contribution in [2.24, 2.45) is 5.92 Å². The lowest BCUT2D eigenvalue weighted by Gasteiger charge is -2.16. The lowest BCUT2D eigenvalue weighted by molar-refractivity contribution is 0.102. The zero-order valence-corrected chi connectivity index (χ0v) is 16.4. The Bertz CT molecular complexity index is 768. The highest BCUT2D eigenvalue weighted by atomic mass is 16.5. The van der Waals surface area contributed by atoms with E-state index in [2.05, 4.69) is 24.3 Å². The van der Waals surface area contributed by atoms with Crippen molar-refractivity contribution in [3.63, 3.8) is 0 Å². The van der Waals surface area contributed by atoms with Gasteiger partial charge in [-0.05, 0) is 57.2 Å². The number of aromatic nitrogens is 2. The van der Waals surface area contributed by atoms with Crippen LogP contribution in [0.5, 0.6) is 11.5 Å². The quantitative estimate of drug-likeness (QED) is 0.616. The molecule has 1 aromatic heterocycles. The van der Waals surface area contributed by atoms with Crippen LogP contribution < -0.4 is 14.8 Å². The molecule has 1 unspecified atom stereocenters. The summed E-state index contributed by atoms with van der Waals surface area (Å²) in [5.41, 5.74) is 0.535. The van der Waals surface area contributed by atoms with E-state index in [-0.39, 0.29) is 5.91 Å². The number of amides is 1. The Kier molecular flexibility index (Phi) is 6.37. The second-order valence-corrected chi connectivity index (χ2v) is 6.99. The fraction of sp³-hybridized carbons (Fsp3) is 0.524. The summed E-state index contributed by atoms with van der Waals surface area (Å²) in [6.07, 6.45) is 6.23. The van der Waals surface area contributed by atoms with E-state index in [0.717, 1.165) is 18.7 Å². The number of hydrogen-bond acceptors (Lipinski definition) is 4. The predicted molar refractivity (Wildman–Crippen MR) is 106 cm³/mol.